The van der Waals surface area contributed by atoms with E-state index in [0.717, 1.165) is 48.8 Å². The van der Waals surface area contributed by atoms with Gasteiger partial charge in [0, 0.05) is 57.8 Å². The van der Waals surface area contributed by atoms with Crippen LogP contribution in [0.3, 0.4) is 0 Å². The fourth-order valence-electron chi connectivity index (χ4n) is 5.43. The average Bonchev–Trinajstić information content (AvgIpc) is 3.09. The zero-order valence-corrected chi connectivity index (χ0v) is 27.9. The summed E-state index contributed by atoms with van der Waals surface area (Å²) >= 11 is 0. The summed E-state index contributed by atoms with van der Waals surface area (Å²) < 4.78 is 11.8. The minimum atomic E-state index is -0.632. The highest BCUT2D eigenvalue weighted by Crippen LogP contribution is 2.33. The molecule has 0 saturated carbocycles. The Morgan fingerprint density at radius 2 is 1.19 bits per heavy atom. The van der Waals surface area contributed by atoms with Gasteiger partial charge in [-0.05, 0) is 46.5 Å². The smallest absolute Gasteiger partial charge is 0.119 e. The molecule has 0 fully saturated rings. The van der Waals surface area contributed by atoms with Gasteiger partial charge < -0.3 is 36.1 Å². The van der Waals surface area contributed by atoms with Crippen molar-refractivity contribution in [1.82, 2.24) is 15.5 Å². The Kier molecular flexibility index (Phi) is 14.7. The van der Waals surface area contributed by atoms with Crippen molar-refractivity contribution in [3.8, 4) is 11.5 Å². The van der Waals surface area contributed by atoms with Crippen molar-refractivity contribution >= 4 is 0 Å². The van der Waals surface area contributed by atoms with Crippen molar-refractivity contribution in [2.24, 2.45) is 5.73 Å². The number of ether oxygens (including phenoxy) is 2. The van der Waals surface area contributed by atoms with E-state index in [9.17, 15) is 10.2 Å². The van der Waals surface area contributed by atoms with Gasteiger partial charge in [0.1, 0.15) is 36.9 Å². The lowest BCUT2D eigenvalue weighted by Crippen LogP contribution is -2.38. The van der Waals surface area contributed by atoms with E-state index in [1.807, 2.05) is 60.7 Å². The highest BCUT2D eigenvalue weighted by molar-refractivity contribution is 5.41. The molecular weight excluding hydrogens is 588 g/mol. The van der Waals surface area contributed by atoms with E-state index in [4.69, 9.17) is 15.2 Å². The average molecular weight is 641 g/mol. The Morgan fingerprint density at radius 3 is 1.74 bits per heavy atom. The Balaban J connectivity index is 1.16. The zero-order chi connectivity index (χ0) is 33.3. The molecule has 0 aliphatic rings. The van der Waals surface area contributed by atoms with Crippen LogP contribution in [-0.2, 0) is 18.5 Å². The number of rotatable bonds is 21. The van der Waals surface area contributed by atoms with Gasteiger partial charge in [-0.3, -0.25) is 4.90 Å². The van der Waals surface area contributed by atoms with Gasteiger partial charge in [0.05, 0.1) is 0 Å². The number of benzene rings is 4. The van der Waals surface area contributed by atoms with Crippen LogP contribution in [-0.4, -0.2) is 79.8 Å². The highest BCUT2D eigenvalue weighted by Gasteiger charge is 2.23. The largest absolute Gasteiger partial charge is 0.491 e. The Labute approximate surface area is 280 Å². The molecular formula is C39H52N4O4. The van der Waals surface area contributed by atoms with Crippen molar-refractivity contribution in [2.45, 2.75) is 44.6 Å². The summed E-state index contributed by atoms with van der Waals surface area (Å²) in [4.78, 5) is 2.15. The monoisotopic (exact) mass is 640 g/mol. The summed E-state index contributed by atoms with van der Waals surface area (Å²) in [5.41, 5.74) is 10.3. The lowest BCUT2D eigenvalue weighted by Gasteiger charge is -2.27. The maximum absolute atomic E-state index is 10.7. The molecule has 0 aliphatic heterocycles. The van der Waals surface area contributed by atoms with Crippen LogP contribution in [0.2, 0.25) is 0 Å². The first kappa shape index (κ1) is 36.1. The minimum Gasteiger partial charge on any atom is -0.491 e. The van der Waals surface area contributed by atoms with E-state index in [1.165, 1.54) is 11.1 Å². The number of aliphatic hydroxyl groups is 2. The SMILES string of the molecule is CC(C)(c1ccc(OCC(O)CNCCNCc2ccccc2)cc1)c1ccc(OCC(O)CN(CCN)Cc2ccccc2)cc1. The Hall–Kier alpha value is -3.76. The molecule has 8 nitrogen and oxygen atoms in total. The molecule has 8 heteroatoms. The third-order valence-corrected chi connectivity index (χ3v) is 8.23. The van der Waals surface area contributed by atoms with Gasteiger partial charge >= 0.3 is 0 Å². The van der Waals surface area contributed by atoms with Crippen LogP contribution in [0.25, 0.3) is 0 Å². The fraction of sp³-hybridized carbons (Fsp3) is 0.385. The molecule has 2 atom stereocenters. The van der Waals surface area contributed by atoms with Gasteiger partial charge in [0.2, 0.25) is 0 Å². The topological polar surface area (TPSA) is 112 Å². The Bertz CT molecular complexity index is 1400. The Morgan fingerprint density at radius 1 is 0.681 bits per heavy atom. The van der Waals surface area contributed by atoms with Crippen molar-refractivity contribution < 1.29 is 19.7 Å². The van der Waals surface area contributed by atoms with Gasteiger partial charge in [-0.1, -0.05) is 98.8 Å². The predicted molar refractivity (Wildman–Crippen MR) is 190 cm³/mol. The lowest BCUT2D eigenvalue weighted by molar-refractivity contribution is 0.0666. The van der Waals surface area contributed by atoms with Gasteiger partial charge in [-0.2, -0.15) is 0 Å². The maximum atomic E-state index is 10.7. The van der Waals surface area contributed by atoms with Crippen LogP contribution in [0.4, 0.5) is 0 Å². The molecule has 252 valence electrons. The molecule has 4 aromatic rings. The molecule has 47 heavy (non-hydrogen) atoms. The van der Waals surface area contributed by atoms with E-state index in [1.54, 1.807) is 0 Å². The van der Waals surface area contributed by atoms with E-state index in [-0.39, 0.29) is 18.6 Å². The molecule has 0 saturated heterocycles. The second-order valence-electron chi connectivity index (χ2n) is 12.5. The molecule has 0 spiro atoms. The number of hydrogen-bond donors (Lipinski definition) is 5. The third kappa shape index (κ3) is 12.4. The van der Waals surface area contributed by atoms with E-state index < -0.39 is 12.2 Å². The third-order valence-electron chi connectivity index (χ3n) is 8.23. The maximum Gasteiger partial charge on any atom is 0.119 e. The van der Waals surface area contributed by atoms with E-state index in [0.29, 0.717) is 26.2 Å². The van der Waals surface area contributed by atoms with Crippen LogP contribution in [0.15, 0.2) is 109 Å². The van der Waals surface area contributed by atoms with Gasteiger partial charge in [-0.25, -0.2) is 0 Å². The number of hydrogen-bond acceptors (Lipinski definition) is 8. The molecule has 4 aromatic carbocycles. The van der Waals surface area contributed by atoms with Gasteiger partial charge in [-0.15, -0.1) is 0 Å². The molecule has 0 amide bonds. The van der Waals surface area contributed by atoms with Crippen LogP contribution in [0.1, 0.15) is 36.1 Å². The van der Waals surface area contributed by atoms with Crippen molar-refractivity contribution in [3.63, 3.8) is 0 Å². The first-order chi connectivity index (χ1) is 22.8. The summed E-state index contributed by atoms with van der Waals surface area (Å²) in [6.07, 6.45) is -1.23. The summed E-state index contributed by atoms with van der Waals surface area (Å²) in [5, 5.41) is 27.7. The number of nitrogens with one attached hydrogen (secondary N) is 2. The number of aliphatic hydroxyl groups excluding tert-OH is 2. The molecule has 0 bridgehead atoms. The van der Waals surface area contributed by atoms with Crippen molar-refractivity contribution in [2.75, 3.05) is 52.5 Å². The van der Waals surface area contributed by atoms with E-state index in [2.05, 4.69) is 77.9 Å². The predicted octanol–water partition coefficient (Wildman–Crippen LogP) is 4.33. The van der Waals surface area contributed by atoms with Gasteiger partial charge in [0.25, 0.3) is 0 Å². The van der Waals surface area contributed by atoms with Crippen LogP contribution < -0.4 is 25.8 Å². The normalized spacial score (nSPS) is 13.0. The molecule has 4 rings (SSSR count). The summed E-state index contributed by atoms with van der Waals surface area (Å²) in [7, 11) is 0. The lowest BCUT2D eigenvalue weighted by atomic mass is 9.78. The van der Waals surface area contributed by atoms with Crippen molar-refractivity contribution in [1.29, 1.82) is 0 Å². The summed E-state index contributed by atoms with van der Waals surface area (Å²) in [6, 6.07) is 36.6. The fourth-order valence-corrected chi connectivity index (χ4v) is 5.43. The van der Waals surface area contributed by atoms with Crippen LogP contribution >= 0.6 is 0 Å². The molecule has 0 aliphatic carbocycles. The zero-order valence-electron chi connectivity index (χ0n) is 27.9. The minimum absolute atomic E-state index is 0.205. The second-order valence-corrected chi connectivity index (χ2v) is 12.5. The molecule has 2 unspecified atom stereocenters. The molecule has 0 aromatic heterocycles. The quantitative estimate of drug-likeness (QED) is 0.0857. The number of nitrogens with two attached hydrogens (primary N) is 1. The highest BCUT2D eigenvalue weighted by atomic mass is 16.5. The van der Waals surface area contributed by atoms with Crippen molar-refractivity contribution in [3.05, 3.63) is 131 Å². The molecule has 6 N–H and O–H groups in total. The van der Waals surface area contributed by atoms with Crippen LogP contribution in [0.5, 0.6) is 11.5 Å². The first-order valence-corrected chi connectivity index (χ1v) is 16.6. The number of nitrogens with zero attached hydrogens (tertiary/aromatic N) is 1. The standard InChI is InChI=1S/C39H52N4O4/c1-39(2,33-13-17-37(18-14-33)46-29-35(44)26-42-23-22-41-25-31-9-5-3-6-10-31)34-15-19-38(20-16-34)47-30-36(45)28-43(24-21-40)27-32-11-7-4-8-12-32/h3-20,35-36,41-42,44-45H,21-30,40H2,1-2H3. The first-order valence-electron chi connectivity index (χ1n) is 16.6. The summed E-state index contributed by atoms with van der Waals surface area (Å²) in [6.45, 7) is 10.2. The van der Waals surface area contributed by atoms with E-state index >= 15 is 0 Å². The summed E-state index contributed by atoms with van der Waals surface area (Å²) in [5.74, 6) is 1.45. The van der Waals surface area contributed by atoms with Crippen LogP contribution in [0, 0.1) is 0 Å². The molecule has 0 heterocycles. The van der Waals surface area contributed by atoms with Gasteiger partial charge in [0.15, 0.2) is 0 Å². The second kappa shape index (κ2) is 19.2. The molecule has 0 radical (unpaired) electrons.